The van der Waals surface area contributed by atoms with Gasteiger partial charge < -0.3 is 29.9 Å². The van der Waals surface area contributed by atoms with Crippen LogP contribution >= 0.6 is 24.0 Å². The molecule has 0 radical (unpaired) electrons. The van der Waals surface area contributed by atoms with Gasteiger partial charge in [-0.25, -0.2) is 0 Å². The van der Waals surface area contributed by atoms with E-state index in [9.17, 15) is 5.11 Å². The third-order valence-electron chi connectivity index (χ3n) is 5.79. The Morgan fingerprint density at radius 1 is 0.903 bits per heavy atom. The molecule has 31 heavy (non-hydrogen) atoms. The van der Waals surface area contributed by atoms with Crippen LogP contribution in [0.15, 0.2) is 53.5 Å². The molecule has 0 spiro atoms. The maximum atomic E-state index is 10.1. The fourth-order valence-electron chi connectivity index (χ4n) is 4.17. The zero-order valence-electron chi connectivity index (χ0n) is 18.0. The van der Waals surface area contributed by atoms with Crippen LogP contribution in [0.1, 0.15) is 5.56 Å². The van der Waals surface area contributed by atoms with Gasteiger partial charge in [0.2, 0.25) is 0 Å². The lowest BCUT2D eigenvalue weighted by atomic mass is 10.1. The molecule has 2 heterocycles. The van der Waals surface area contributed by atoms with Gasteiger partial charge >= 0.3 is 0 Å². The second kappa shape index (κ2) is 11.4. The van der Waals surface area contributed by atoms with E-state index in [2.05, 4.69) is 49.3 Å². The largest absolute Gasteiger partial charge is 0.506 e. The Bertz CT molecular complexity index is 865. The van der Waals surface area contributed by atoms with E-state index in [1.165, 1.54) is 11.3 Å². The van der Waals surface area contributed by atoms with Crippen LogP contribution in [0.25, 0.3) is 0 Å². The van der Waals surface area contributed by atoms with Gasteiger partial charge in [0, 0.05) is 58.5 Å². The van der Waals surface area contributed by atoms with Crippen molar-refractivity contribution in [1.82, 2.24) is 10.2 Å². The quantitative estimate of drug-likeness (QED) is 0.356. The Morgan fingerprint density at radius 3 is 2.19 bits per heavy atom. The predicted octanol–water partition coefficient (Wildman–Crippen LogP) is 2.74. The van der Waals surface area contributed by atoms with Crippen LogP contribution < -0.4 is 15.1 Å². The van der Waals surface area contributed by atoms with Gasteiger partial charge in [0.15, 0.2) is 5.96 Å². The number of nitrogens with zero attached hydrogens (tertiary/aromatic N) is 4. The number of hydrogen-bond donors (Lipinski definition) is 2. The molecule has 0 bridgehead atoms. The number of nitrogens with one attached hydrogen (secondary N) is 1. The Balaban J connectivity index is 0.00000272. The first kappa shape index (κ1) is 23.5. The highest BCUT2D eigenvalue weighted by Crippen LogP contribution is 2.27. The Hall–Kier alpha value is -2.20. The molecule has 0 unspecified atom stereocenters. The zero-order chi connectivity index (χ0) is 20.8. The second-order valence-corrected chi connectivity index (χ2v) is 7.59. The first-order valence-electron chi connectivity index (χ1n) is 10.7. The lowest BCUT2D eigenvalue weighted by molar-refractivity contribution is 0.122. The van der Waals surface area contributed by atoms with E-state index in [0.29, 0.717) is 5.75 Å². The molecule has 8 heteroatoms. The van der Waals surface area contributed by atoms with Crippen molar-refractivity contribution in [2.24, 2.45) is 4.99 Å². The van der Waals surface area contributed by atoms with Gasteiger partial charge in [0.1, 0.15) is 5.75 Å². The molecule has 0 aliphatic carbocycles. The summed E-state index contributed by atoms with van der Waals surface area (Å²) in [7, 11) is 1.84. The number of para-hydroxylation sites is 3. The lowest BCUT2D eigenvalue weighted by Gasteiger charge is -2.38. The summed E-state index contributed by atoms with van der Waals surface area (Å²) >= 11 is 0. The number of halogens is 1. The van der Waals surface area contributed by atoms with Gasteiger partial charge in [-0.3, -0.25) is 4.99 Å². The molecular weight excluding hydrogens is 505 g/mol. The maximum Gasteiger partial charge on any atom is 0.194 e. The summed E-state index contributed by atoms with van der Waals surface area (Å²) in [6, 6.07) is 16.1. The highest BCUT2D eigenvalue weighted by molar-refractivity contribution is 14.0. The number of guanidine groups is 1. The summed E-state index contributed by atoms with van der Waals surface area (Å²) in [5.41, 5.74) is 3.45. The van der Waals surface area contributed by atoms with Gasteiger partial charge in [-0.15, -0.1) is 24.0 Å². The monoisotopic (exact) mass is 537 g/mol. The number of aliphatic imine (C=N–C) groups is 1. The number of piperazine rings is 1. The van der Waals surface area contributed by atoms with Crippen molar-refractivity contribution in [2.45, 2.75) is 6.54 Å². The van der Waals surface area contributed by atoms with Crippen LogP contribution in [0, 0.1) is 0 Å². The molecule has 0 atom stereocenters. The number of phenolic OH excluding ortho intramolecular Hbond substituents is 1. The number of hydrogen-bond acceptors (Lipinski definition) is 5. The Labute approximate surface area is 201 Å². The third-order valence-corrected chi connectivity index (χ3v) is 5.79. The van der Waals surface area contributed by atoms with Crippen LogP contribution in [0.2, 0.25) is 0 Å². The van der Waals surface area contributed by atoms with Crippen molar-refractivity contribution in [1.29, 1.82) is 0 Å². The summed E-state index contributed by atoms with van der Waals surface area (Å²) in [4.78, 5) is 11.4. The van der Waals surface area contributed by atoms with Crippen molar-refractivity contribution in [3.8, 4) is 5.75 Å². The molecule has 168 valence electrons. The number of ether oxygens (including phenoxy) is 1. The third kappa shape index (κ3) is 5.74. The van der Waals surface area contributed by atoms with Gasteiger partial charge in [-0.05, 0) is 23.8 Å². The van der Waals surface area contributed by atoms with Crippen molar-refractivity contribution in [2.75, 3.05) is 69.3 Å². The van der Waals surface area contributed by atoms with E-state index < -0.39 is 0 Å². The molecule has 2 N–H and O–H groups in total. The number of benzene rings is 2. The molecule has 2 aliphatic rings. The second-order valence-electron chi connectivity index (χ2n) is 7.59. The molecule has 0 amide bonds. The molecular formula is C23H32IN5O2. The molecule has 0 aromatic heterocycles. The number of morpholine rings is 1. The van der Waals surface area contributed by atoms with Gasteiger partial charge in [-0.1, -0.05) is 30.3 Å². The zero-order valence-corrected chi connectivity index (χ0v) is 20.4. The maximum absolute atomic E-state index is 10.1. The number of aromatic hydroxyl groups is 1. The van der Waals surface area contributed by atoms with Crippen LogP contribution in [-0.2, 0) is 11.3 Å². The minimum Gasteiger partial charge on any atom is -0.506 e. The highest BCUT2D eigenvalue weighted by Gasteiger charge is 2.22. The van der Waals surface area contributed by atoms with Crippen molar-refractivity contribution in [3.63, 3.8) is 0 Å². The number of rotatable bonds is 4. The minimum atomic E-state index is 0. The molecule has 2 aliphatic heterocycles. The van der Waals surface area contributed by atoms with E-state index in [1.54, 1.807) is 6.07 Å². The van der Waals surface area contributed by atoms with Crippen LogP contribution in [0.3, 0.4) is 0 Å². The fraction of sp³-hybridized carbons (Fsp3) is 0.435. The van der Waals surface area contributed by atoms with Crippen LogP contribution in [0.5, 0.6) is 5.75 Å². The molecule has 4 rings (SSSR count). The van der Waals surface area contributed by atoms with Gasteiger partial charge in [0.05, 0.1) is 18.9 Å². The standard InChI is InChI=1S/C23H31N5O2.HI/c1-24-23(28-12-10-26(11-13-28)21-8-4-5-9-22(21)29)25-18-19-6-2-3-7-20(19)27-14-16-30-17-15-27;/h2-9,29H,10-18H2,1H3,(H,24,25);1H. The molecule has 0 saturated carbocycles. The van der Waals surface area contributed by atoms with E-state index in [4.69, 9.17) is 4.74 Å². The fourth-order valence-corrected chi connectivity index (χ4v) is 4.17. The summed E-state index contributed by atoms with van der Waals surface area (Å²) in [6.45, 7) is 7.58. The summed E-state index contributed by atoms with van der Waals surface area (Å²) in [5, 5.41) is 13.7. The summed E-state index contributed by atoms with van der Waals surface area (Å²) in [6.07, 6.45) is 0. The van der Waals surface area contributed by atoms with Gasteiger partial charge in [0.25, 0.3) is 0 Å². The van der Waals surface area contributed by atoms with Crippen molar-refractivity contribution < 1.29 is 9.84 Å². The van der Waals surface area contributed by atoms with E-state index in [0.717, 1.165) is 70.7 Å². The minimum absolute atomic E-state index is 0. The van der Waals surface area contributed by atoms with Crippen molar-refractivity contribution in [3.05, 3.63) is 54.1 Å². The SMILES string of the molecule is CN=C(NCc1ccccc1N1CCOCC1)N1CCN(c2ccccc2O)CC1.I. The van der Waals surface area contributed by atoms with Gasteiger partial charge in [-0.2, -0.15) is 0 Å². The van der Waals surface area contributed by atoms with E-state index in [1.807, 2.05) is 25.2 Å². The normalized spacial score (nSPS) is 17.3. The Morgan fingerprint density at radius 2 is 1.52 bits per heavy atom. The summed E-state index contributed by atoms with van der Waals surface area (Å²) in [5.74, 6) is 1.26. The summed E-state index contributed by atoms with van der Waals surface area (Å²) < 4.78 is 5.50. The molecule has 7 nitrogen and oxygen atoms in total. The predicted molar refractivity (Wildman–Crippen MR) is 137 cm³/mol. The van der Waals surface area contributed by atoms with Crippen LogP contribution in [0.4, 0.5) is 11.4 Å². The van der Waals surface area contributed by atoms with E-state index >= 15 is 0 Å². The molecule has 2 aromatic rings. The first-order valence-corrected chi connectivity index (χ1v) is 10.7. The lowest BCUT2D eigenvalue weighted by Crippen LogP contribution is -2.52. The van der Waals surface area contributed by atoms with Crippen LogP contribution in [-0.4, -0.2) is 75.5 Å². The molecule has 2 fully saturated rings. The number of anilines is 2. The molecule has 2 aromatic carbocycles. The first-order chi connectivity index (χ1) is 14.8. The average molecular weight is 537 g/mol. The smallest absolute Gasteiger partial charge is 0.194 e. The van der Waals surface area contributed by atoms with Crippen molar-refractivity contribution >= 4 is 41.3 Å². The Kier molecular flexibility index (Phi) is 8.65. The molecule has 2 saturated heterocycles. The average Bonchev–Trinajstić information content (AvgIpc) is 2.81. The topological polar surface area (TPSA) is 63.6 Å². The highest BCUT2D eigenvalue weighted by atomic mass is 127. The number of phenols is 1. The van der Waals surface area contributed by atoms with E-state index in [-0.39, 0.29) is 24.0 Å².